The molecule has 0 atom stereocenters. The summed E-state index contributed by atoms with van der Waals surface area (Å²) in [4.78, 5) is 15.1. The second-order valence-corrected chi connectivity index (χ2v) is 2.98. The molecule has 1 aromatic rings. The van der Waals surface area contributed by atoms with Gasteiger partial charge in [-0.05, 0) is 5.56 Å². The van der Waals surface area contributed by atoms with E-state index in [0.29, 0.717) is 6.54 Å². The second kappa shape index (κ2) is 6.10. The maximum atomic E-state index is 11.1. The smallest absolute Gasteiger partial charge is 0.203 e. The first-order valence-electron chi connectivity index (χ1n) is 4.65. The monoisotopic (exact) mass is 211 g/mol. The molecule has 1 heterocycles. The summed E-state index contributed by atoms with van der Waals surface area (Å²) in [5.74, 6) is 0.0202. The lowest BCUT2D eigenvalue weighted by Gasteiger charge is -2.07. The number of carbonyl (C=O) groups excluding carboxylic acids is 1. The molecule has 0 aliphatic carbocycles. The second-order valence-electron chi connectivity index (χ2n) is 2.98. The molecule has 0 fully saturated rings. The van der Waals surface area contributed by atoms with Gasteiger partial charge in [0.05, 0.1) is 24.9 Å². The summed E-state index contributed by atoms with van der Waals surface area (Å²) in [6, 6.07) is 10.9. The highest BCUT2D eigenvalue weighted by molar-refractivity contribution is 6.36. The van der Waals surface area contributed by atoms with E-state index in [1.807, 2.05) is 24.3 Å². The Balaban J connectivity index is 0.000000221. The van der Waals surface area contributed by atoms with Crippen LogP contribution in [0.3, 0.4) is 0 Å². The minimum absolute atomic E-state index is 0. The Bertz CT molecular complexity index is 480. The molecule has 0 saturated heterocycles. The molecular weight excluding hydrogens is 202 g/mol. The molecule has 2 rings (SSSR count). The lowest BCUT2D eigenvalue weighted by Crippen LogP contribution is -2.09. The van der Waals surface area contributed by atoms with Crippen molar-refractivity contribution in [1.29, 1.82) is 10.5 Å². The van der Waals surface area contributed by atoms with Crippen LogP contribution in [0.25, 0.3) is 0 Å². The van der Waals surface area contributed by atoms with Gasteiger partial charge in [0.25, 0.3) is 0 Å². The number of fused-ring (bicyclic) bond motifs is 1. The van der Waals surface area contributed by atoms with E-state index in [1.165, 1.54) is 6.21 Å². The normalized spacial score (nSPS) is 11.5. The number of rotatable bonds is 0. The number of aliphatic imine (C=N–C) groups is 1. The van der Waals surface area contributed by atoms with Crippen LogP contribution in [0.4, 0.5) is 0 Å². The third-order valence-electron chi connectivity index (χ3n) is 1.91. The van der Waals surface area contributed by atoms with Crippen LogP contribution >= 0.6 is 0 Å². The Morgan fingerprint density at radius 1 is 1.25 bits per heavy atom. The van der Waals surface area contributed by atoms with Crippen molar-refractivity contribution in [1.82, 2.24) is 0 Å². The summed E-state index contributed by atoms with van der Waals surface area (Å²) in [6.07, 6.45) is 1.39. The van der Waals surface area contributed by atoms with Crippen LogP contribution in [0.15, 0.2) is 29.3 Å². The van der Waals surface area contributed by atoms with E-state index in [0.717, 1.165) is 11.1 Å². The average Bonchev–Trinajstić information content (AvgIpc) is 2.32. The summed E-state index contributed by atoms with van der Waals surface area (Å²) < 4.78 is 0. The third-order valence-corrected chi connectivity index (χ3v) is 1.91. The molecule has 1 aliphatic rings. The SMILES string of the molecule is N#CCC#N.O=C1C=NCc2ccccc21. The third kappa shape index (κ3) is 3.04. The van der Waals surface area contributed by atoms with E-state index in [-0.39, 0.29) is 12.2 Å². The van der Waals surface area contributed by atoms with E-state index in [9.17, 15) is 4.79 Å². The van der Waals surface area contributed by atoms with Gasteiger partial charge >= 0.3 is 0 Å². The molecular formula is C12H9N3O. The maximum Gasteiger partial charge on any atom is 0.203 e. The van der Waals surface area contributed by atoms with Gasteiger partial charge in [0, 0.05) is 5.56 Å². The van der Waals surface area contributed by atoms with E-state index in [2.05, 4.69) is 4.99 Å². The van der Waals surface area contributed by atoms with Crippen molar-refractivity contribution < 1.29 is 4.79 Å². The van der Waals surface area contributed by atoms with Crippen LogP contribution in [-0.2, 0) is 6.54 Å². The summed E-state index contributed by atoms with van der Waals surface area (Å²) in [5, 5.41) is 15.2. The topological polar surface area (TPSA) is 77.0 Å². The molecule has 0 aromatic heterocycles. The van der Waals surface area contributed by atoms with Crippen molar-refractivity contribution >= 4 is 12.0 Å². The maximum absolute atomic E-state index is 11.1. The highest BCUT2D eigenvalue weighted by atomic mass is 16.1. The number of nitriles is 2. The minimum Gasteiger partial charge on any atom is -0.288 e. The fourth-order valence-corrected chi connectivity index (χ4v) is 1.23. The van der Waals surface area contributed by atoms with Crippen LogP contribution in [0.2, 0.25) is 0 Å². The van der Waals surface area contributed by atoms with Gasteiger partial charge in [0.2, 0.25) is 5.78 Å². The van der Waals surface area contributed by atoms with Crippen molar-refractivity contribution in [2.75, 3.05) is 0 Å². The Kier molecular flexibility index (Phi) is 4.43. The first-order chi connectivity index (χ1) is 7.79. The minimum atomic E-state index is 0. The molecule has 0 radical (unpaired) electrons. The van der Waals surface area contributed by atoms with Gasteiger partial charge in [-0.1, -0.05) is 24.3 Å². The molecule has 16 heavy (non-hydrogen) atoms. The summed E-state index contributed by atoms with van der Waals surface area (Å²) in [6.45, 7) is 0.641. The number of carbonyl (C=O) groups is 1. The molecule has 0 spiro atoms. The first-order valence-corrected chi connectivity index (χ1v) is 4.65. The van der Waals surface area contributed by atoms with Gasteiger partial charge in [-0.3, -0.25) is 9.79 Å². The Morgan fingerprint density at radius 3 is 2.50 bits per heavy atom. The number of hydrogen-bond acceptors (Lipinski definition) is 4. The van der Waals surface area contributed by atoms with Gasteiger partial charge in [-0.25, -0.2) is 0 Å². The average molecular weight is 211 g/mol. The summed E-state index contributed by atoms with van der Waals surface area (Å²) >= 11 is 0. The lowest BCUT2D eigenvalue weighted by molar-refractivity contribution is 0.106. The van der Waals surface area contributed by atoms with Crippen molar-refractivity contribution in [3.05, 3.63) is 35.4 Å². The van der Waals surface area contributed by atoms with Crippen LogP contribution in [0.5, 0.6) is 0 Å². The lowest BCUT2D eigenvalue weighted by atomic mass is 10.0. The Morgan fingerprint density at radius 2 is 1.94 bits per heavy atom. The highest BCUT2D eigenvalue weighted by Gasteiger charge is 2.11. The van der Waals surface area contributed by atoms with E-state index in [4.69, 9.17) is 10.5 Å². The summed E-state index contributed by atoms with van der Waals surface area (Å²) in [7, 11) is 0. The number of benzene rings is 1. The van der Waals surface area contributed by atoms with Gasteiger partial charge in [-0.2, -0.15) is 10.5 Å². The fourth-order valence-electron chi connectivity index (χ4n) is 1.23. The Hall–Kier alpha value is -2.46. The number of Topliss-reactive ketones (excluding diaryl/α,β-unsaturated/α-hetero) is 1. The molecule has 4 heteroatoms. The predicted octanol–water partition coefficient (Wildman–Crippen LogP) is 1.88. The zero-order valence-electron chi connectivity index (χ0n) is 8.55. The number of ketones is 1. The molecule has 0 saturated carbocycles. The molecule has 0 bridgehead atoms. The molecule has 78 valence electrons. The highest BCUT2D eigenvalue weighted by Crippen LogP contribution is 2.13. The van der Waals surface area contributed by atoms with Crippen LogP contribution in [0.1, 0.15) is 22.3 Å². The number of hydrogen-bond donors (Lipinski definition) is 0. The van der Waals surface area contributed by atoms with Crippen molar-refractivity contribution in [2.24, 2.45) is 4.99 Å². The number of nitrogens with zero attached hydrogens (tertiary/aromatic N) is 3. The molecule has 1 aliphatic heterocycles. The van der Waals surface area contributed by atoms with E-state index >= 15 is 0 Å². The molecule has 0 amide bonds. The van der Waals surface area contributed by atoms with E-state index < -0.39 is 0 Å². The standard InChI is InChI=1S/C9H7NO.C3H2N2/c11-9-6-10-5-7-3-1-2-4-8(7)9;4-2-1-3-5/h1-4,6H,5H2;1H2. The van der Waals surface area contributed by atoms with Gasteiger partial charge in [-0.15, -0.1) is 0 Å². The van der Waals surface area contributed by atoms with Crippen LogP contribution in [0, 0.1) is 22.7 Å². The van der Waals surface area contributed by atoms with Crippen LogP contribution < -0.4 is 0 Å². The first kappa shape index (κ1) is 11.6. The summed E-state index contributed by atoms with van der Waals surface area (Å²) in [5.41, 5.74) is 1.82. The molecule has 4 nitrogen and oxygen atoms in total. The van der Waals surface area contributed by atoms with Crippen molar-refractivity contribution in [2.45, 2.75) is 13.0 Å². The quantitative estimate of drug-likeness (QED) is 0.657. The predicted molar refractivity (Wildman–Crippen MR) is 58.8 cm³/mol. The zero-order chi connectivity index (χ0) is 11.8. The largest absolute Gasteiger partial charge is 0.288 e. The zero-order valence-corrected chi connectivity index (χ0v) is 8.55. The van der Waals surface area contributed by atoms with Crippen LogP contribution in [-0.4, -0.2) is 12.0 Å². The van der Waals surface area contributed by atoms with Gasteiger partial charge < -0.3 is 0 Å². The fraction of sp³-hybridized carbons (Fsp3) is 0.167. The molecule has 1 aromatic carbocycles. The van der Waals surface area contributed by atoms with Crippen molar-refractivity contribution in [3.63, 3.8) is 0 Å². The molecule has 0 N–H and O–H groups in total. The van der Waals surface area contributed by atoms with Crippen molar-refractivity contribution in [3.8, 4) is 12.1 Å². The van der Waals surface area contributed by atoms with Gasteiger partial charge in [0.15, 0.2) is 0 Å². The molecule has 0 unspecified atom stereocenters. The van der Waals surface area contributed by atoms with Gasteiger partial charge in [0.1, 0.15) is 6.42 Å². The van der Waals surface area contributed by atoms with E-state index in [1.54, 1.807) is 12.1 Å². The Labute approximate surface area is 93.5 Å².